The standard InChI is InChI=1S/C10H17IN2O/c1-4-5-14-7-10-9(11)6-13(12-10)8(2)3/h6,8H,4-5,7H2,1-3H3. The van der Waals surface area contributed by atoms with Gasteiger partial charge in [0.2, 0.25) is 0 Å². The molecule has 0 aliphatic heterocycles. The van der Waals surface area contributed by atoms with Gasteiger partial charge in [-0.2, -0.15) is 5.10 Å². The molecule has 4 heteroatoms. The van der Waals surface area contributed by atoms with E-state index in [0.717, 1.165) is 18.7 Å². The van der Waals surface area contributed by atoms with E-state index in [2.05, 4.69) is 54.7 Å². The minimum atomic E-state index is 0.420. The van der Waals surface area contributed by atoms with E-state index in [4.69, 9.17) is 4.74 Å². The van der Waals surface area contributed by atoms with Crippen LogP contribution in [0, 0.1) is 3.57 Å². The maximum absolute atomic E-state index is 5.46. The predicted molar refractivity (Wildman–Crippen MR) is 65.3 cm³/mol. The largest absolute Gasteiger partial charge is 0.375 e. The predicted octanol–water partition coefficient (Wildman–Crippen LogP) is 3.00. The number of aromatic nitrogens is 2. The van der Waals surface area contributed by atoms with Crippen LogP contribution < -0.4 is 0 Å². The number of hydrogen-bond acceptors (Lipinski definition) is 2. The van der Waals surface area contributed by atoms with Gasteiger partial charge in [-0.15, -0.1) is 0 Å². The van der Waals surface area contributed by atoms with Gasteiger partial charge in [0.05, 0.1) is 10.2 Å². The summed E-state index contributed by atoms with van der Waals surface area (Å²) in [5, 5.41) is 4.47. The van der Waals surface area contributed by atoms with E-state index in [9.17, 15) is 0 Å². The molecule has 0 aromatic carbocycles. The van der Waals surface area contributed by atoms with Crippen molar-refractivity contribution >= 4 is 22.6 Å². The van der Waals surface area contributed by atoms with Gasteiger partial charge in [0.15, 0.2) is 0 Å². The van der Waals surface area contributed by atoms with Crippen LogP contribution in [0.5, 0.6) is 0 Å². The quantitative estimate of drug-likeness (QED) is 0.617. The van der Waals surface area contributed by atoms with Crippen molar-refractivity contribution in [1.82, 2.24) is 9.78 Å². The highest BCUT2D eigenvalue weighted by atomic mass is 127. The third-order valence-corrected chi connectivity index (χ3v) is 2.77. The van der Waals surface area contributed by atoms with Gasteiger partial charge in [-0.25, -0.2) is 0 Å². The van der Waals surface area contributed by atoms with E-state index in [-0.39, 0.29) is 0 Å². The Bertz CT molecular complexity index is 284. The van der Waals surface area contributed by atoms with Crippen LogP contribution in [-0.2, 0) is 11.3 Å². The van der Waals surface area contributed by atoms with Crippen LogP contribution in [0.2, 0.25) is 0 Å². The molecule has 0 fully saturated rings. The lowest BCUT2D eigenvalue weighted by atomic mass is 10.4. The van der Waals surface area contributed by atoms with Gasteiger partial charge in [0.1, 0.15) is 5.69 Å². The lowest BCUT2D eigenvalue weighted by molar-refractivity contribution is 0.118. The summed E-state index contributed by atoms with van der Waals surface area (Å²) in [7, 11) is 0. The van der Waals surface area contributed by atoms with Crippen molar-refractivity contribution in [1.29, 1.82) is 0 Å². The van der Waals surface area contributed by atoms with Crippen molar-refractivity contribution in [2.75, 3.05) is 6.61 Å². The first-order valence-electron chi connectivity index (χ1n) is 4.96. The van der Waals surface area contributed by atoms with Gasteiger partial charge in [-0.05, 0) is 42.9 Å². The molecule has 1 aromatic heterocycles. The van der Waals surface area contributed by atoms with Crippen LogP contribution in [0.1, 0.15) is 38.9 Å². The fourth-order valence-electron chi connectivity index (χ4n) is 1.08. The highest BCUT2D eigenvalue weighted by Crippen LogP contribution is 2.14. The molecule has 0 saturated heterocycles. The van der Waals surface area contributed by atoms with E-state index < -0.39 is 0 Å². The summed E-state index contributed by atoms with van der Waals surface area (Å²) < 4.78 is 8.63. The summed E-state index contributed by atoms with van der Waals surface area (Å²) in [6, 6.07) is 0.420. The van der Waals surface area contributed by atoms with Crippen molar-refractivity contribution in [2.24, 2.45) is 0 Å². The van der Waals surface area contributed by atoms with Crippen LogP contribution in [0.15, 0.2) is 6.20 Å². The summed E-state index contributed by atoms with van der Waals surface area (Å²) in [6.45, 7) is 7.80. The summed E-state index contributed by atoms with van der Waals surface area (Å²) in [4.78, 5) is 0. The van der Waals surface area contributed by atoms with E-state index in [1.165, 1.54) is 3.57 Å². The molecular formula is C10H17IN2O. The third-order valence-electron chi connectivity index (χ3n) is 1.87. The molecule has 0 spiro atoms. The molecule has 0 atom stereocenters. The Morgan fingerprint density at radius 1 is 1.57 bits per heavy atom. The van der Waals surface area contributed by atoms with Crippen LogP contribution in [-0.4, -0.2) is 16.4 Å². The van der Waals surface area contributed by atoms with Crippen molar-refractivity contribution in [3.05, 3.63) is 15.5 Å². The molecule has 0 amide bonds. The molecule has 1 aromatic rings. The Morgan fingerprint density at radius 2 is 2.29 bits per heavy atom. The van der Waals surface area contributed by atoms with Crippen molar-refractivity contribution in [2.45, 2.75) is 39.8 Å². The summed E-state index contributed by atoms with van der Waals surface area (Å²) in [5.74, 6) is 0. The zero-order valence-electron chi connectivity index (χ0n) is 8.96. The van der Waals surface area contributed by atoms with Gasteiger partial charge in [0, 0.05) is 18.8 Å². The zero-order valence-corrected chi connectivity index (χ0v) is 11.1. The highest BCUT2D eigenvalue weighted by molar-refractivity contribution is 14.1. The van der Waals surface area contributed by atoms with Gasteiger partial charge in [-0.1, -0.05) is 6.92 Å². The topological polar surface area (TPSA) is 27.1 Å². The second-order valence-electron chi connectivity index (χ2n) is 3.55. The van der Waals surface area contributed by atoms with E-state index in [1.807, 2.05) is 4.68 Å². The van der Waals surface area contributed by atoms with Crippen LogP contribution >= 0.6 is 22.6 Å². The van der Waals surface area contributed by atoms with Crippen molar-refractivity contribution in [3.8, 4) is 0 Å². The molecule has 3 nitrogen and oxygen atoms in total. The minimum absolute atomic E-state index is 0.420. The van der Waals surface area contributed by atoms with Gasteiger partial charge in [0.25, 0.3) is 0 Å². The third kappa shape index (κ3) is 3.24. The summed E-state index contributed by atoms with van der Waals surface area (Å²) in [6.07, 6.45) is 3.12. The molecule has 0 aliphatic carbocycles. The highest BCUT2D eigenvalue weighted by Gasteiger charge is 2.07. The monoisotopic (exact) mass is 308 g/mol. The SMILES string of the molecule is CCCOCc1nn(C(C)C)cc1I. The zero-order chi connectivity index (χ0) is 10.6. The number of ether oxygens (including phenoxy) is 1. The molecule has 0 bridgehead atoms. The van der Waals surface area contributed by atoms with Gasteiger partial charge >= 0.3 is 0 Å². The van der Waals surface area contributed by atoms with Crippen molar-refractivity contribution < 1.29 is 4.74 Å². The van der Waals surface area contributed by atoms with E-state index >= 15 is 0 Å². The summed E-state index contributed by atoms with van der Waals surface area (Å²) in [5.41, 5.74) is 1.05. The van der Waals surface area contributed by atoms with E-state index in [1.54, 1.807) is 0 Å². The molecular weight excluding hydrogens is 291 g/mol. The second kappa shape index (κ2) is 5.70. The normalized spacial score (nSPS) is 11.2. The Labute approximate surface area is 99.0 Å². The Balaban J connectivity index is 2.58. The molecule has 80 valence electrons. The van der Waals surface area contributed by atoms with Gasteiger partial charge in [-0.3, -0.25) is 4.68 Å². The first-order chi connectivity index (χ1) is 6.65. The fourth-order valence-corrected chi connectivity index (χ4v) is 1.63. The first-order valence-corrected chi connectivity index (χ1v) is 6.04. The van der Waals surface area contributed by atoms with E-state index in [0.29, 0.717) is 12.6 Å². The molecule has 0 aliphatic rings. The molecule has 0 unspecified atom stereocenters. The second-order valence-corrected chi connectivity index (χ2v) is 4.71. The van der Waals surface area contributed by atoms with Crippen LogP contribution in [0.4, 0.5) is 0 Å². The number of rotatable bonds is 5. The van der Waals surface area contributed by atoms with Crippen LogP contribution in [0.3, 0.4) is 0 Å². The average Bonchev–Trinajstić information content (AvgIpc) is 2.49. The lowest BCUT2D eigenvalue weighted by Crippen LogP contribution is -2.02. The Hall–Kier alpha value is -0.100. The Kier molecular flexibility index (Phi) is 4.88. The molecule has 0 N–H and O–H groups in total. The molecule has 0 radical (unpaired) electrons. The maximum Gasteiger partial charge on any atom is 0.101 e. The Morgan fingerprint density at radius 3 is 2.79 bits per heavy atom. The first kappa shape index (κ1) is 12.0. The number of nitrogens with zero attached hydrogens (tertiary/aromatic N) is 2. The number of halogens is 1. The number of hydrogen-bond donors (Lipinski definition) is 0. The smallest absolute Gasteiger partial charge is 0.101 e. The molecule has 1 rings (SSSR count). The lowest BCUT2D eigenvalue weighted by Gasteiger charge is -2.03. The summed E-state index contributed by atoms with van der Waals surface area (Å²) >= 11 is 2.30. The fraction of sp³-hybridized carbons (Fsp3) is 0.700. The minimum Gasteiger partial charge on any atom is -0.375 e. The molecule has 1 heterocycles. The van der Waals surface area contributed by atoms with Gasteiger partial charge < -0.3 is 4.74 Å². The maximum atomic E-state index is 5.46. The van der Waals surface area contributed by atoms with Crippen LogP contribution in [0.25, 0.3) is 0 Å². The average molecular weight is 308 g/mol. The molecule has 14 heavy (non-hydrogen) atoms. The van der Waals surface area contributed by atoms with Crippen molar-refractivity contribution in [3.63, 3.8) is 0 Å². The molecule has 0 saturated carbocycles.